The Bertz CT molecular complexity index is 569. The van der Waals surface area contributed by atoms with E-state index in [1.807, 2.05) is 19.1 Å². The predicted octanol–water partition coefficient (Wildman–Crippen LogP) is 3.28. The molecule has 2 rings (SSSR count). The molecule has 0 radical (unpaired) electrons. The lowest BCUT2D eigenvalue weighted by atomic mass is 10.0. The third-order valence-electron chi connectivity index (χ3n) is 3.24. The summed E-state index contributed by atoms with van der Waals surface area (Å²) in [5, 5.41) is 3.41. The Hall–Kier alpha value is -2.10. The molecule has 0 aliphatic rings. The summed E-state index contributed by atoms with van der Waals surface area (Å²) < 4.78 is 5.21. The van der Waals surface area contributed by atoms with Crippen LogP contribution in [0.2, 0.25) is 0 Å². The van der Waals surface area contributed by atoms with Gasteiger partial charge in [0.1, 0.15) is 12.1 Å². The molecule has 0 saturated carbocycles. The lowest BCUT2D eigenvalue weighted by Gasteiger charge is -2.18. The van der Waals surface area contributed by atoms with E-state index in [1.54, 1.807) is 7.11 Å². The van der Waals surface area contributed by atoms with E-state index in [0.717, 1.165) is 11.4 Å². The number of anilines is 1. The summed E-state index contributed by atoms with van der Waals surface area (Å²) in [6.07, 6.45) is 1.51. The molecule has 0 aliphatic carbocycles. The molecule has 100 valence electrons. The highest BCUT2D eigenvalue weighted by atomic mass is 16.5. The Labute approximate surface area is 113 Å². The van der Waals surface area contributed by atoms with E-state index in [1.165, 1.54) is 17.5 Å². The Morgan fingerprint density at radius 1 is 1.16 bits per heavy atom. The molecule has 0 saturated heterocycles. The van der Waals surface area contributed by atoms with E-state index in [0.29, 0.717) is 5.88 Å². The molecule has 19 heavy (non-hydrogen) atoms. The number of rotatable bonds is 4. The molecule has 1 N–H and O–H groups in total. The molecule has 1 atom stereocenters. The van der Waals surface area contributed by atoms with E-state index in [9.17, 15) is 0 Å². The zero-order valence-corrected chi connectivity index (χ0v) is 11.8. The minimum absolute atomic E-state index is 0.180. The van der Waals surface area contributed by atoms with Gasteiger partial charge >= 0.3 is 0 Å². The number of aryl methyl sites for hydroxylation is 1. The van der Waals surface area contributed by atoms with Crippen molar-refractivity contribution in [1.29, 1.82) is 0 Å². The maximum Gasteiger partial charge on any atom is 0.221 e. The number of aromatic nitrogens is 2. The molecule has 0 aliphatic heterocycles. The van der Waals surface area contributed by atoms with Crippen LogP contribution in [0.4, 0.5) is 5.82 Å². The SMILES string of the molecule is COc1ncnc(NC(C)c2ccccc2C)c1C. The highest BCUT2D eigenvalue weighted by Gasteiger charge is 2.12. The van der Waals surface area contributed by atoms with Crippen LogP contribution >= 0.6 is 0 Å². The van der Waals surface area contributed by atoms with Crippen molar-refractivity contribution in [3.63, 3.8) is 0 Å². The number of methoxy groups -OCH3 is 1. The second-order valence-corrected chi connectivity index (χ2v) is 4.58. The maximum absolute atomic E-state index is 5.21. The van der Waals surface area contributed by atoms with Gasteiger partial charge in [0, 0.05) is 0 Å². The van der Waals surface area contributed by atoms with Crippen LogP contribution in [0.25, 0.3) is 0 Å². The average molecular weight is 257 g/mol. The smallest absolute Gasteiger partial charge is 0.221 e. The van der Waals surface area contributed by atoms with Crippen molar-refractivity contribution in [3.05, 3.63) is 47.3 Å². The average Bonchev–Trinajstić information content (AvgIpc) is 2.41. The minimum atomic E-state index is 0.180. The number of nitrogens with one attached hydrogen (secondary N) is 1. The van der Waals surface area contributed by atoms with Gasteiger partial charge in [-0.25, -0.2) is 9.97 Å². The molecule has 1 heterocycles. The Morgan fingerprint density at radius 3 is 2.58 bits per heavy atom. The highest BCUT2D eigenvalue weighted by molar-refractivity contribution is 5.49. The van der Waals surface area contributed by atoms with E-state index in [-0.39, 0.29) is 6.04 Å². The fourth-order valence-electron chi connectivity index (χ4n) is 2.14. The molecule has 4 heteroatoms. The quantitative estimate of drug-likeness (QED) is 0.913. The molecule has 0 fully saturated rings. The third kappa shape index (κ3) is 2.84. The molecule has 0 bridgehead atoms. The molecule has 0 spiro atoms. The van der Waals surface area contributed by atoms with Gasteiger partial charge in [-0.05, 0) is 31.9 Å². The summed E-state index contributed by atoms with van der Waals surface area (Å²) in [5.74, 6) is 1.41. The molecule has 1 unspecified atom stereocenters. The van der Waals surface area contributed by atoms with Gasteiger partial charge in [-0.1, -0.05) is 24.3 Å². The highest BCUT2D eigenvalue weighted by Crippen LogP contribution is 2.25. The number of benzene rings is 1. The maximum atomic E-state index is 5.21. The van der Waals surface area contributed by atoms with Crippen LogP contribution in [0.5, 0.6) is 5.88 Å². The van der Waals surface area contributed by atoms with Crippen molar-refractivity contribution >= 4 is 5.82 Å². The van der Waals surface area contributed by atoms with Crippen molar-refractivity contribution in [2.45, 2.75) is 26.8 Å². The van der Waals surface area contributed by atoms with Crippen molar-refractivity contribution in [2.75, 3.05) is 12.4 Å². The predicted molar refractivity (Wildman–Crippen MR) is 76.5 cm³/mol. The van der Waals surface area contributed by atoms with E-state index in [4.69, 9.17) is 4.74 Å². The molecule has 0 amide bonds. The van der Waals surface area contributed by atoms with Gasteiger partial charge in [0.25, 0.3) is 0 Å². The van der Waals surface area contributed by atoms with Crippen LogP contribution in [0.3, 0.4) is 0 Å². The third-order valence-corrected chi connectivity index (χ3v) is 3.24. The van der Waals surface area contributed by atoms with Gasteiger partial charge in [-0.15, -0.1) is 0 Å². The molecular weight excluding hydrogens is 238 g/mol. The van der Waals surface area contributed by atoms with Crippen molar-refractivity contribution in [1.82, 2.24) is 9.97 Å². The van der Waals surface area contributed by atoms with E-state index < -0.39 is 0 Å². The number of hydrogen-bond acceptors (Lipinski definition) is 4. The van der Waals surface area contributed by atoms with Gasteiger partial charge < -0.3 is 10.1 Å². The molecular formula is C15H19N3O. The summed E-state index contributed by atoms with van der Waals surface area (Å²) in [7, 11) is 1.61. The van der Waals surface area contributed by atoms with Crippen molar-refractivity contribution < 1.29 is 4.74 Å². The summed E-state index contributed by atoms with van der Waals surface area (Å²) in [6.45, 7) is 6.18. The van der Waals surface area contributed by atoms with Gasteiger partial charge in [-0.3, -0.25) is 0 Å². The normalized spacial score (nSPS) is 12.0. The van der Waals surface area contributed by atoms with Gasteiger partial charge in [0.15, 0.2) is 0 Å². The second-order valence-electron chi connectivity index (χ2n) is 4.58. The van der Waals surface area contributed by atoms with Crippen LogP contribution in [-0.4, -0.2) is 17.1 Å². The Balaban J connectivity index is 2.24. The van der Waals surface area contributed by atoms with Crippen LogP contribution < -0.4 is 10.1 Å². The van der Waals surface area contributed by atoms with Crippen molar-refractivity contribution in [3.8, 4) is 5.88 Å². The van der Waals surface area contributed by atoms with Crippen LogP contribution in [0.15, 0.2) is 30.6 Å². The molecule has 1 aromatic heterocycles. The standard InChI is InChI=1S/C15H19N3O/c1-10-7-5-6-8-13(10)12(3)18-14-11(2)15(19-4)17-9-16-14/h5-9,12H,1-4H3,(H,16,17,18). The van der Waals surface area contributed by atoms with Gasteiger partial charge in [0.05, 0.1) is 18.7 Å². The zero-order valence-electron chi connectivity index (χ0n) is 11.8. The van der Waals surface area contributed by atoms with Gasteiger partial charge in [-0.2, -0.15) is 0 Å². The van der Waals surface area contributed by atoms with E-state index in [2.05, 4.69) is 41.3 Å². The first kappa shape index (κ1) is 13.3. The summed E-state index contributed by atoms with van der Waals surface area (Å²) in [5.41, 5.74) is 3.45. The molecule has 1 aromatic carbocycles. The van der Waals surface area contributed by atoms with E-state index >= 15 is 0 Å². The first-order valence-electron chi connectivity index (χ1n) is 6.31. The Kier molecular flexibility index (Phi) is 4.00. The first-order valence-corrected chi connectivity index (χ1v) is 6.31. The fourth-order valence-corrected chi connectivity index (χ4v) is 2.14. The lowest BCUT2D eigenvalue weighted by molar-refractivity contribution is 0.393. The fraction of sp³-hybridized carbons (Fsp3) is 0.333. The van der Waals surface area contributed by atoms with Crippen molar-refractivity contribution in [2.24, 2.45) is 0 Å². The first-order chi connectivity index (χ1) is 9.13. The van der Waals surface area contributed by atoms with Crippen LogP contribution in [0, 0.1) is 13.8 Å². The summed E-state index contributed by atoms with van der Waals surface area (Å²) in [6, 6.07) is 8.51. The van der Waals surface area contributed by atoms with Crippen LogP contribution in [0.1, 0.15) is 29.7 Å². The number of hydrogen-bond donors (Lipinski definition) is 1. The second kappa shape index (κ2) is 5.69. The molecule has 4 nitrogen and oxygen atoms in total. The van der Waals surface area contributed by atoms with Gasteiger partial charge in [0.2, 0.25) is 5.88 Å². The summed E-state index contributed by atoms with van der Waals surface area (Å²) >= 11 is 0. The lowest BCUT2D eigenvalue weighted by Crippen LogP contribution is -2.11. The molecule has 2 aromatic rings. The monoisotopic (exact) mass is 257 g/mol. The Morgan fingerprint density at radius 2 is 1.89 bits per heavy atom. The summed E-state index contributed by atoms with van der Waals surface area (Å²) in [4.78, 5) is 8.36. The largest absolute Gasteiger partial charge is 0.481 e. The van der Waals surface area contributed by atoms with Crippen LogP contribution in [-0.2, 0) is 0 Å². The topological polar surface area (TPSA) is 47.0 Å². The zero-order chi connectivity index (χ0) is 13.8. The number of ether oxygens (including phenoxy) is 1. The number of nitrogens with zero attached hydrogens (tertiary/aromatic N) is 2. The minimum Gasteiger partial charge on any atom is -0.481 e.